The Hall–Kier alpha value is -3.52. The number of hydrogen-bond acceptors (Lipinski definition) is 5. The summed E-state index contributed by atoms with van der Waals surface area (Å²) in [7, 11) is 0. The van der Waals surface area contributed by atoms with Crippen LogP contribution in [0.15, 0.2) is 54.9 Å². The number of rotatable bonds is 14. The van der Waals surface area contributed by atoms with Crippen molar-refractivity contribution in [2.75, 3.05) is 18.4 Å². The third-order valence-electron chi connectivity index (χ3n) is 4.75. The van der Waals surface area contributed by atoms with Crippen LogP contribution in [0.1, 0.15) is 61.4 Å². The fraction of sp³-hybridized carbons (Fsp3) is 0.360. The number of carbonyl (C=O) groups is 3. The average Bonchev–Trinajstić information content (AvgIpc) is 2.83. The maximum atomic E-state index is 12.1. The molecule has 8 heteroatoms. The van der Waals surface area contributed by atoms with E-state index in [0.717, 1.165) is 37.7 Å². The Morgan fingerprint density at radius 2 is 1.76 bits per heavy atom. The second kappa shape index (κ2) is 15.3. The fourth-order valence-electron chi connectivity index (χ4n) is 2.95. The van der Waals surface area contributed by atoms with Gasteiger partial charge in [0, 0.05) is 49.2 Å². The normalized spacial score (nSPS) is 10.7. The molecule has 0 saturated heterocycles. The van der Waals surface area contributed by atoms with Gasteiger partial charge in [-0.2, -0.15) is 0 Å². The van der Waals surface area contributed by atoms with Crippen LogP contribution in [0.25, 0.3) is 6.08 Å². The fourth-order valence-corrected chi connectivity index (χ4v) is 2.95. The topological polar surface area (TPSA) is 112 Å². The van der Waals surface area contributed by atoms with E-state index in [1.54, 1.807) is 42.7 Å². The summed E-state index contributed by atoms with van der Waals surface area (Å²) in [6, 6.07) is 10.5. The Labute approximate surface area is 195 Å². The third kappa shape index (κ3) is 11.1. The number of unbranched alkanes of at least 4 members (excludes halogenated alkanes) is 3. The van der Waals surface area contributed by atoms with Gasteiger partial charge in [-0.3, -0.25) is 24.8 Å². The molecule has 8 nitrogen and oxygen atoms in total. The van der Waals surface area contributed by atoms with Gasteiger partial charge < -0.3 is 10.6 Å². The van der Waals surface area contributed by atoms with Gasteiger partial charge in [0.1, 0.15) is 0 Å². The van der Waals surface area contributed by atoms with Gasteiger partial charge in [-0.05, 0) is 61.2 Å². The number of pyridine rings is 1. The number of benzene rings is 1. The average molecular weight is 452 g/mol. The summed E-state index contributed by atoms with van der Waals surface area (Å²) in [4.78, 5) is 39.8. The van der Waals surface area contributed by atoms with Gasteiger partial charge in [0.05, 0.1) is 0 Å². The maximum Gasteiger partial charge on any atom is 0.265 e. The first kappa shape index (κ1) is 25.7. The lowest BCUT2D eigenvalue weighted by molar-refractivity contribution is -0.117. The van der Waals surface area contributed by atoms with E-state index in [0.29, 0.717) is 30.8 Å². The van der Waals surface area contributed by atoms with Crippen LogP contribution in [0, 0.1) is 0 Å². The quantitative estimate of drug-likeness (QED) is 0.200. The maximum absolute atomic E-state index is 12.1. The van der Waals surface area contributed by atoms with Gasteiger partial charge in [-0.15, -0.1) is 0 Å². The van der Waals surface area contributed by atoms with Crippen LogP contribution in [-0.2, 0) is 9.59 Å². The summed E-state index contributed by atoms with van der Waals surface area (Å²) in [6.07, 6.45) is 11.5. The van der Waals surface area contributed by atoms with Crippen molar-refractivity contribution in [1.82, 2.24) is 21.2 Å². The molecule has 4 N–H and O–H groups in total. The van der Waals surface area contributed by atoms with Crippen molar-refractivity contribution in [2.45, 2.75) is 45.4 Å². The second-order valence-electron chi connectivity index (χ2n) is 7.58. The van der Waals surface area contributed by atoms with E-state index in [4.69, 9.17) is 0 Å². The molecule has 0 saturated carbocycles. The van der Waals surface area contributed by atoms with Crippen LogP contribution in [-0.4, -0.2) is 35.8 Å². The number of nitrogens with one attached hydrogen (secondary N) is 4. The Morgan fingerprint density at radius 1 is 0.970 bits per heavy atom. The van der Waals surface area contributed by atoms with Crippen LogP contribution < -0.4 is 21.5 Å². The minimum absolute atomic E-state index is 0.0503. The first-order valence-corrected chi connectivity index (χ1v) is 11.4. The zero-order chi connectivity index (χ0) is 23.7. The molecule has 0 aliphatic heterocycles. The summed E-state index contributed by atoms with van der Waals surface area (Å²) in [5.41, 5.74) is 7.54. The van der Waals surface area contributed by atoms with Gasteiger partial charge in [-0.1, -0.05) is 25.8 Å². The van der Waals surface area contributed by atoms with Crippen LogP contribution in [0.5, 0.6) is 0 Å². The molecule has 1 heterocycles. The molecule has 3 amide bonds. The molecule has 0 atom stereocenters. The summed E-state index contributed by atoms with van der Waals surface area (Å²) in [6.45, 7) is 3.33. The zero-order valence-corrected chi connectivity index (χ0v) is 19.1. The van der Waals surface area contributed by atoms with E-state index in [9.17, 15) is 14.4 Å². The van der Waals surface area contributed by atoms with E-state index in [1.165, 1.54) is 6.08 Å². The number of aromatic nitrogens is 1. The number of hydrogen-bond donors (Lipinski definition) is 4. The highest BCUT2D eigenvalue weighted by atomic mass is 16.2. The standard InChI is InChI=1S/C25H33N5O3/c1-2-16-28-30-25(33)21-11-13-22(14-12-21)29-24(32)9-5-3-4-6-18-27-23(31)15-10-20-8-7-17-26-19-20/h7-8,10-15,17,19,28H,2-6,9,16,18H2,1H3,(H,27,31)(H,29,32)(H,30,33). The van der Waals surface area contributed by atoms with Crippen molar-refractivity contribution >= 4 is 29.5 Å². The second-order valence-corrected chi connectivity index (χ2v) is 7.58. The lowest BCUT2D eigenvalue weighted by Gasteiger charge is -2.08. The number of nitrogens with zero attached hydrogens (tertiary/aromatic N) is 1. The summed E-state index contributed by atoms with van der Waals surface area (Å²) in [5, 5.41) is 5.70. The summed E-state index contributed by atoms with van der Waals surface area (Å²) in [5.74, 6) is -0.383. The third-order valence-corrected chi connectivity index (χ3v) is 4.75. The van der Waals surface area contributed by atoms with Crippen molar-refractivity contribution in [1.29, 1.82) is 0 Å². The Bertz CT molecular complexity index is 898. The molecular formula is C25H33N5O3. The van der Waals surface area contributed by atoms with Crippen molar-refractivity contribution in [2.24, 2.45) is 0 Å². The van der Waals surface area contributed by atoms with Crippen LogP contribution in [0.2, 0.25) is 0 Å². The van der Waals surface area contributed by atoms with Gasteiger partial charge in [0.15, 0.2) is 0 Å². The smallest absolute Gasteiger partial charge is 0.265 e. The number of hydrazine groups is 1. The first-order valence-electron chi connectivity index (χ1n) is 11.4. The predicted octanol–water partition coefficient (Wildman–Crippen LogP) is 3.44. The van der Waals surface area contributed by atoms with Gasteiger partial charge in [-0.25, -0.2) is 5.43 Å². The van der Waals surface area contributed by atoms with Crippen molar-refractivity contribution in [3.8, 4) is 0 Å². The molecule has 0 bridgehead atoms. The Morgan fingerprint density at radius 3 is 2.48 bits per heavy atom. The van der Waals surface area contributed by atoms with E-state index in [-0.39, 0.29) is 17.7 Å². The van der Waals surface area contributed by atoms with E-state index >= 15 is 0 Å². The molecule has 0 aliphatic carbocycles. The molecule has 0 aliphatic rings. The number of anilines is 1. The minimum atomic E-state index is -0.206. The van der Waals surface area contributed by atoms with E-state index in [2.05, 4.69) is 26.5 Å². The highest BCUT2D eigenvalue weighted by molar-refractivity contribution is 5.95. The molecule has 0 radical (unpaired) electrons. The zero-order valence-electron chi connectivity index (χ0n) is 19.1. The van der Waals surface area contributed by atoms with E-state index < -0.39 is 0 Å². The SMILES string of the molecule is CCCNNC(=O)c1ccc(NC(=O)CCCCCCNC(=O)C=Cc2cccnc2)cc1. The molecule has 0 unspecified atom stereocenters. The summed E-state index contributed by atoms with van der Waals surface area (Å²) >= 11 is 0. The van der Waals surface area contributed by atoms with Crippen molar-refractivity contribution in [3.05, 3.63) is 66.0 Å². The largest absolute Gasteiger partial charge is 0.353 e. The Balaban J connectivity index is 1.53. The predicted molar refractivity (Wildman–Crippen MR) is 130 cm³/mol. The van der Waals surface area contributed by atoms with Crippen LogP contribution in [0.3, 0.4) is 0 Å². The minimum Gasteiger partial charge on any atom is -0.353 e. The van der Waals surface area contributed by atoms with E-state index in [1.807, 2.05) is 19.1 Å². The molecular weight excluding hydrogens is 418 g/mol. The van der Waals surface area contributed by atoms with Crippen LogP contribution in [0.4, 0.5) is 5.69 Å². The molecule has 2 rings (SSSR count). The molecule has 2 aromatic rings. The number of amides is 3. The lowest BCUT2D eigenvalue weighted by Crippen LogP contribution is -2.37. The van der Waals surface area contributed by atoms with Crippen molar-refractivity contribution in [3.63, 3.8) is 0 Å². The van der Waals surface area contributed by atoms with Crippen LogP contribution >= 0.6 is 0 Å². The molecule has 176 valence electrons. The molecule has 0 spiro atoms. The Kier molecular flexibility index (Phi) is 11.9. The van der Waals surface area contributed by atoms with Gasteiger partial charge in [0.2, 0.25) is 11.8 Å². The highest BCUT2D eigenvalue weighted by Crippen LogP contribution is 2.11. The highest BCUT2D eigenvalue weighted by Gasteiger charge is 2.06. The molecule has 0 fully saturated rings. The first-order chi connectivity index (χ1) is 16.1. The monoisotopic (exact) mass is 451 g/mol. The molecule has 1 aromatic heterocycles. The molecule has 33 heavy (non-hydrogen) atoms. The number of carbonyl (C=O) groups excluding carboxylic acids is 3. The molecule has 1 aromatic carbocycles. The van der Waals surface area contributed by atoms with Crippen molar-refractivity contribution < 1.29 is 14.4 Å². The summed E-state index contributed by atoms with van der Waals surface area (Å²) < 4.78 is 0. The van der Waals surface area contributed by atoms with Gasteiger partial charge in [0.25, 0.3) is 5.91 Å². The van der Waals surface area contributed by atoms with Gasteiger partial charge >= 0.3 is 0 Å². The lowest BCUT2D eigenvalue weighted by atomic mass is 10.1.